The minimum atomic E-state index is 0.602. The average Bonchev–Trinajstić information content (AvgIpc) is 3.44. The van der Waals surface area contributed by atoms with E-state index in [0.717, 1.165) is 90.0 Å². The minimum absolute atomic E-state index is 0.602. The van der Waals surface area contributed by atoms with Crippen molar-refractivity contribution in [1.82, 2.24) is 29.9 Å². The summed E-state index contributed by atoms with van der Waals surface area (Å²) < 4.78 is 0. The summed E-state index contributed by atoms with van der Waals surface area (Å²) in [5.41, 5.74) is 10.2. The summed E-state index contributed by atoms with van der Waals surface area (Å²) in [6, 6.07) is 74.7. The second-order valence-electron chi connectivity index (χ2n) is 17.8. The van der Waals surface area contributed by atoms with Gasteiger partial charge < -0.3 is 0 Å². The van der Waals surface area contributed by atoms with E-state index in [9.17, 15) is 0 Å². The van der Waals surface area contributed by atoms with Crippen molar-refractivity contribution in [2.45, 2.75) is 12.8 Å². The van der Waals surface area contributed by atoms with Crippen LogP contribution in [0, 0.1) is 0 Å². The maximum absolute atomic E-state index is 5.24. The van der Waals surface area contributed by atoms with Crippen LogP contribution >= 0.6 is 0 Å². The molecule has 2 aromatic heterocycles. The molecule has 12 aromatic rings. The summed E-state index contributed by atoms with van der Waals surface area (Å²) in [5, 5.41) is 9.11. The quantitative estimate of drug-likeness (QED) is 0.141. The first-order valence-corrected chi connectivity index (χ1v) is 23.7. The van der Waals surface area contributed by atoms with Crippen LogP contribution in [0.25, 0.3) is 128 Å². The second kappa shape index (κ2) is 17.4. The van der Waals surface area contributed by atoms with Gasteiger partial charge in [0.05, 0.1) is 0 Å². The first-order valence-electron chi connectivity index (χ1n) is 23.7. The van der Waals surface area contributed by atoms with Crippen LogP contribution in [-0.2, 0) is 0 Å². The summed E-state index contributed by atoms with van der Waals surface area (Å²) in [7, 11) is 0. The number of aromatic nitrogens is 6. The number of hydrogen-bond acceptors (Lipinski definition) is 6. The molecule has 0 N–H and O–H groups in total. The molecular formula is C64H42N6. The topological polar surface area (TPSA) is 77.3 Å². The Bertz CT molecular complexity index is 3990. The Kier molecular flexibility index (Phi) is 10.2. The third-order valence-electron chi connectivity index (χ3n) is 13.4. The first-order chi connectivity index (χ1) is 34.7. The predicted octanol–water partition coefficient (Wildman–Crippen LogP) is 16.1. The fourth-order valence-corrected chi connectivity index (χ4v) is 9.91. The molecule has 6 heteroatoms. The summed E-state index contributed by atoms with van der Waals surface area (Å²) in [5.74, 6) is 3.83. The zero-order valence-electron chi connectivity index (χ0n) is 38.0. The number of allylic oxidation sites excluding steroid dienone is 4. The van der Waals surface area contributed by atoms with Crippen LogP contribution in [0.4, 0.5) is 0 Å². The highest BCUT2D eigenvalue weighted by molar-refractivity contribution is 6.23. The Hall–Kier alpha value is -9.26. The maximum atomic E-state index is 5.24. The van der Waals surface area contributed by atoms with Crippen LogP contribution < -0.4 is 0 Å². The van der Waals surface area contributed by atoms with E-state index in [1.807, 2.05) is 78.9 Å². The zero-order chi connectivity index (χ0) is 46.4. The molecule has 328 valence electrons. The Labute approximate surface area is 405 Å². The molecule has 0 saturated carbocycles. The van der Waals surface area contributed by atoms with Crippen LogP contribution in [0.2, 0.25) is 0 Å². The van der Waals surface area contributed by atoms with Crippen molar-refractivity contribution >= 4 is 48.7 Å². The van der Waals surface area contributed by atoms with Gasteiger partial charge in [0.15, 0.2) is 34.9 Å². The van der Waals surface area contributed by atoms with Gasteiger partial charge >= 0.3 is 0 Å². The van der Waals surface area contributed by atoms with E-state index in [-0.39, 0.29) is 0 Å². The number of nitrogens with zero attached hydrogens (tertiary/aromatic N) is 6. The number of fused-ring (bicyclic) bond motifs is 4. The molecule has 10 aromatic carbocycles. The lowest BCUT2D eigenvalue weighted by atomic mass is 9.84. The van der Waals surface area contributed by atoms with Gasteiger partial charge in [-0.15, -0.1) is 0 Å². The van der Waals surface area contributed by atoms with E-state index in [4.69, 9.17) is 29.9 Å². The summed E-state index contributed by atoms with van der Waals surface area (Å²) >= 11 is 0. The van der Waals surface area contributed by atoms with Gasteiger partial charge in [0.1, 0.15) is 0 Å². The van der Waals surface area contributed by atoms with Gasteiger partial charge in [-0.3, -0.25) is 0 Å². The van der Waals surface area contributed by atoms with E-state index in [2.05, 4.69) is 152 Å². The zero-order valence-corrected chi connectivity index (χ0v) is 38.0. The maximum Gasteiger partial charge on any atom is 0.164 e. The normalized spacial score (nSPS) is 12.5. The van der Waals surface area contributed by atoms with Crippen LogP contribution in [-0.4, -0.2) is 29.9 Å². The van der Waals surface area contributed by atoms with Gasteiger partial charge in [-0.1, -0.05) is 206 Å². The highest BCUT2D eigenvalue weighted by Gasteiger charge is 2.22. The van der Waals surface area contributed by atoms with Gasteiger partial charge in [0, 0.05) is 27.8 Å². The molecular weight excluding hydrogens is 853 g/mol. The second-order valence-corrected chi connectivity index (χ2v) is 17.8. The van der Waals surface area contributed by atoms with Crippen molar-refractivity contribution in [3.63, 3.8) is 0 Å². The van der Waals surface area contributed by atoms with Crippen molar-refractivity contribution in [1.29, 1.82) is 0 Å². The minimum Gasteiger partial charge on any atom is -0.209 e. The molecule has 0 radical (unpaired) electrons. The van der Waals surface area contributed by atoms with E-state index in [0.29, 0.717) is 34.9 Å². The summed E-state index contributed by atoms with van der Waals surface area (Å²) in [6.07, 6.45) is 8.24. The van der Waals surface area contributed by atoms with E-state index in [1.54, 1.807) is 0 Å². The molecule has 0 aliphatic heterocycles. The molecule has 70 heavy (non-hydrogen) atoms. The largest absolute Gasteiger partial charge is 0.209 e. The van der Waals surface area contributed by atoms with Crippen LogP contribution in [0.5, 0.6) is 0 Å². The Morgan fingerprint density at radius 2 is 0.643 bits per heavy atom. The monoisotopic (exact) mass is 894 g/mol. The summed E-state index contributed by atoms with van der Waals surface area (Å²) in [4.78, 5) is 30.9. The Morgan fingerprint density at radius 3 is 1.06 bits per heavy atom. The third kappa shape index (κ3) is 7.58. The standard InChI is InChI=1S/C64H42N6/c1-5-19-43(20-6-1)59-65-60(44-21-7-2-8-22-44)68-63(67-59)51-33-35-53-55(39-51)57(49-31-29-41-17-13-15-27-47(41)37-49)54-36-34-52(40-56(54)58(53)50-32-30-42-18-14-16-28-48(42)38-50)64-69-61(45-23-9-3-10-24-45)66-62(70-64)46-25-11-4-12-26-46/h1-11,13-25,27-40H,12,26H2. The third-order valence-corrected chi connectivity index (χ3v) is 13.4. The molecule has 1 aliphatic rings. The Balaban J connectivity index is 1.11. The molecule has 0 atom stereocenters. The molecule has 1 aliphatic carbocycles. The van der Waals surface area contributed by atoms with E-state index in [1.165, 1.54) is 21.5 Å². The lowest BCUT2D eigenvalue weighted by Crippen LogP contribution is -2.04. The number of hydrogen-bond donors (Lipinski definition) is 0. The summed E-state index contributed by atoms with van der Waals surface area (Å²) in [6.45, 7) is 0. The van der Waals surface area contributed by atoms with Crippen molar-refractivity contribution in [2.24, 2.45) is 0 Å². The molecule has 0 unspecified atom stereocenters. The molecule has 6 nitrogen and oxygen atoms in total. The molecule has 13 rings (SSSR count). The molecule has 0 amide bonds. The predicted molar refractivity (Wildman–Crippen MR) is 288 cm³/mol. The molecule has 0 saturated heterocycles. The fraction of sp³-hybridized carbons (Fsp3) is 0.0312. The van der Waals surface area contributed by atoms with Crippen LogP contribution in [0.15, 0.2) is 231 Å². The lowest BCUT2D eigenvalue weighted by Gasteiger charge is -2.20. The van der Waals surface area contributed by atoms with Crippen LogP contribution in [0.1, 0.15) is 18.7 Å². The molecule has 0 fully saturated rings. The van der Waals surface area contributed by atoms with Gasteiger partial charge in [0.25, 0.3) is 0 Å². The lowest BCUT2D eigenvalue weighted by molar-refractivity contribution is 0.978. The Morgan fingerprint density at radius 1 is 0.271 bits per heavy atom. The van der Waals surface area contributed by atoms with E-state index < -0.39 is 0 Å². The SMILES string of the molecule is C1=CCCC(c2nc(-c3ccccc3)nc(-c3ccc4c(-c5ccc6ccccc6c5)c5cc(-c6nc(-c7ccccc7)nc(-c7ccccc7)n6)ccc5c(-c5ccc6ccccc6c5)c4c3)n2)=C1. The highest BCUT2D eigenvalue weighted by atomic mass is 15.0. The van der Waals surface area contributed by atoms with Crippen molar-refractivity contribution in [3.05, 3.63) is 236 Å². The van der Waals surface area contributed by atoms with Crippen molar-refractivity contribution in [2.75, 3.05) is 0 Å². The van der Waals surface area contributed by atoms with E-state index >= 15 is 0 Å². The van der Waals surface area contributed by atoms with Gasteiger partial charge in [-0.2, -0.15) is 0 Å². The molecule has 2 heterocycles. The molecule has 0 bridgehead atoms. The fourth-order valence-electron chi connectivity index (χ4n) is 9.91. The van der Waals surface area contributed by atoms with Gasteiger partial charge in [0.2, 0.25) is 0 Å². The molecule has 0 spiro atoms. The number of benzene rings is 10. The smallest absolute Gasteiger partial charge is 0.164 e. The van der Waals surface area contributed by atoms with Crippen molar-refractivity contribution < 1.29 is 0 Å². The van der Waals surface area contributed by atoms with Gasteiger partial charge in [-0.25, -0.2) is 29.9 Å². The van der Waals surface area contributed by atoms with Crippen LogP contribution in [0.3, 0.4) is 0 Å². The first kappa shape index (κ1) is 41.0. The number of rotatable bonds is 8. The highest BCUT2D eigenvalue weighted by Crippen LogP contribution is 2.47. The van der Waals surface area contributed by atoms with Crippen molar-refractivity contribution in [3.8, 4) is 79.2 Å². The van der Waals surface area contributed by atoms with Gasteiger partial charge in [-0.05, 0) is 108 Å². The average molecular weight is 895 g/mol.